The minimum Gasteiger partial charge on any atom is -0.453 e. The number of aromatic nitrogens is 1. The summed E-state index contributed by atoms with van der Waals surface area (Å²) in [5.41, 5.74) is 5.90. The molecular formula is C29H24FN3O2. The average molecular weight is 466 g/mol. The van der Waals surface area contributed by atoms with Crippen LogP contribution < -0.4 is 4.74 Å². The lowest BCUT2D eigenvalue weighted by Crippen LogP contribution is -2.21. The van der Waals surface area contributed by atoms with Crippen molar-refractivity contribution in [3.8, 4) is 28.7 Å². The molecule has 0 spiro atoms. The summed E-state index contributed by atoms with van der Waals surface area (Å²) in [6, 6.07) is 23.7. The van der Waals surface area contributed by atoms with Gasteiger partial charge in [-0.05, 0) is 72.0 Å². The van der Waals surface area contributed by atoms with Gasteiger partial charge in [0, 0.05) is 25.0 Å². The zero-order valence-electron chi connectivity index (χ0n) is 19.5. The molecule has 0 aliphatic carbocycles. The van der Waals surface area contributed by atoms with Gasteiger partial charge >= 0.3 is 0 Å². The molecule has 0 atom stereocenters. The number of para-hydroxylation sites is 1. The van der Waals surface area contributed by atoms with Crippen molar-refractivity contribution in [2.45, 2.75) is 26.9 Å². The lowest BCUT2D eigenvalue weighted by atomic mass is 10.0. The second-order valence-corrected chi connectivity index (χ2v) is 8.26. The van der Waals surface area contributed by atoms with Gasteiger partial charge in [-0.2, -0.15) is 5.26 Å². The highest BCUT2D eigenvalue weighted by Crippen LogP contribution is 2.32. The van der Waals surface area contributed by atoms with Gasteiger partial charge in [0.25, 0.3) is 0 Å². The van der Waals surface area contributed by atoms with E-state index >= 15 is 0 Å². The summed E-state index contributed by atoms with van der Waals surface area (Å²) in [4.78, 5) is 17.8. The van der Waals surface area contributed by atoms with Crippen LogP contribution in [-0.4, -0.2) is 16.3 Å². The summed E-state index contributed by atoms with van der Waals surface area (Å²) in [5.74, 6) is -0.271. The number of nitrogens with zero attached hydrogens (tertiary/aromatic N) is 3. The fourth-order valence-electron chi connectivity index (χ4n) is 3.86. The average Bonchev–Trinajstić information content (AvgIpc) is 2.87. The van der Waals surface area contributed by atoms with Crippen LogP contribution in [0.5, 0.6) is 11.5 Å². The summed E-state index contributed by atoms with van der Waals surface area (Å²) in [7, 11) is 0. The van der Waals surface area contributed by atoms with E-state index in [0.29, 0.717) is 18.8 Å². The van der Waals surface area contributed by atoms with Gasteiger partial charge in [-0.1, -0.05) is 42.5 Å². The van der Waals surface area contributed by atoms with Gasteiger partial charge < -0.3 is 9.64 Å². The van der Waals surface area contributed by atoms with E-state index in [1.807, 2.05) is 62.4 Å². The number of aryl methyl sites for hydroxylation is 1. The van der Waals surface area contributed by atoms with Gasteiger partial charge in [0.2, 0.25) is 6.41 Å². The Morgan fingerprint density at radius 3 is 2.49 bits per heavy atom. The molecule has 1 amide bonds. The predicted molar refractivity (Wildman–Crippen MR) is 132 cm³/mol. The highest BCUT2D eigenvalue weighted by molar-refractivity contribution is 5.63. The number of rotatable bonds is 8. The summed E-state index contributed by atoms with van der Waals surface area (Å²) in [5, 5.41) is 9.28. The van der Waals surface area contributed by atoms with Gasteiger partial charge in [0.1, 0.15) is 11.8 Å². The molecule has 0 aliphatic heterocycles. The smallest absolute Gasteiger partial charge is 0.210 e. The van der Waals surface area contributed by atoms with Crippen LogP contribution >= 0.6 is 0 Å². The molecule has 0 fully saturated rings. The Kier molecular flexibility index (Phi) is 7.18. The molecule has 1 aromatic heterocycles. The zero-order chi connectivity index (χ0) is 24.8. The van der Waals surface area contributed by atoms with E-state index in [-0.39, 0.29) is 11.3 Å². The number of carbonyl (C=O) groups is 1. The molecule has 0 N–H and O–H groups in total. The van der Waals surface area contributed by atoms with Crippen LogP contribution in [0.25, 0.3) is 11.1 Å². The normalized spacial score (nSPS) is 10.5. The van der Waals surface area contributed by atoms with Gasteiger partial charge in [0.15, 0.2) is 11.6 Å². The van der Waals surface area contributed by atoms with E-state index in [0.717, 1.165) is 39.9 Å². The van der Waals surface area contributed by atoms with E-state index in [4.69, 9.17) is 4.74 Å². The summed E-state index contributed by atoms with van der Waals surface area (Å²) in [6.45, 7) is 4.61. The van der Waals surface area contributed by atoms with E-state index in [9.17, 15) is 14.4 Å². The molecule has 35 heavy (non-hydrogen) atoms. The Balaban J connectivity index is 1.50. The van der Waals surface area contributed by atoms with Gasteiger partial charge in [0.05, 0.1) is 5.56 Å². The molecule has 174 valence electrons. The lowest BCUT2D eigenvalue weighted by molar-refractivity contribution is -0.119. The highest BCUT2D eigenvalue weighted by Gasteiger charge is 2.15. The van der Waals surface area contributed by atoms with Gasteiger partial charge in [-0.15, -0.1) is 0 Å². The van der Waals surface area contributed by atoms with Crippen molar-refractivity contribution in [2.24, 2.45) is 0 Å². The number of hydrogen-bond donors (Lipinski definition) is 0. The number of halogens is 1. The monoisotopic (exact) mass is 465 g/mol. The highest BCUT2D eigenvalue weighted by atomic mass is 19.1. The molecule has 5 nitrogen and oxygen atoms in total. The van der Waals surface area contributed by atoms with Crippen LogP contribution in [0.4, 0.5) is 4.39 Å². The third-order valence-corrected chi connectivity index (χ3v) is 5.79. The van der Waals surface area contributed by atoms with Gasteiger partial charge in [-0.25, -0.2) is 4.39 Å². The van der Waals surface area contributed by atoms with Gasteiger partial charge in [-0.3, -0.25) is 9.78 Å². The molecule has 0 unspecified atom stereocenters. The van der Waals surface area contributed by atoms with Crippen molar-refractivity contribution in [1.82, 2.24) is 9.88 Å². The number of pyridine rings is 1. The molecule has 4 aromatic rings. The molecule has 6 heteroatoms. The molecule has 0 saturated carbocycles. The molecule has 1 heterocycles. The van der Waals surface area contributed by atoms with Crippen LogP contribution in [0.15, 0.2) is 79.0 Å². The number of amides is 1. The quantitative estimate of drug-likeness (QED) is 0.285. The summed E-state index contributed by atoms with van der Waals surface area (Å²) < 4.78 is 20.1. The maximum absolute atomic E-state index is 14.3. The minimum atomic E-state index is -0.603. The second-order valence-electron chi connectivity index (χ2n) is 8.26. The standard InChI is InChI=1S/C29H24FN3O2/c1-20-15-24(13-14-32-20)23-11-9-22(10-12-23)17-33(19-34)18-26-6-4-8-28(21(26)2)35-29-25(16-31)5-3-7-27(29)30/h3-15,19H,17-18H2,1-2H3. The van der Waals surface area contributed by atoms with Crippen molar-refractivity contribution in [3.63, 3.8) is 0 Å². The number of carbonyl (C=O) groups excluding carboxylic acids is 1. The molecule has 3 aromatic carbocycles. The maximum Gasteiger partial charge on any atom is 0.210 e. The van der Waals surface area contributed by atoms with Crippen molar-refractivity contribution in [1.29, 1.82) is 5.26 Å². The number of benzene rings is 3. The minimum absolute atomic E-state index is 0.105. The van der Waals surface area contributed by atoms with E-state index in [2.05, 4.69) is 4.98 Å². The number of nitriles is 1. The van der Waals surface area contributed by atoms with Crippen molar-refractivity contribution in [2.75, 3.05) is 0 Å². The first-order chi connectivity index (χ1) is 17.0. The number of hydrogen-bond acceptors (Lipinski definition) is 4. The fourth-order valence-corrected chi connectivity index (χ4v) is 3.86. The molecule has 0 bridgehead atoms. The largest absolute Gasteiger partial charge is 0.453 e. The van der Waals surface area contributed by atoms with Crippen molar-refractivity contribution in [3.05, 3.63) is 113 Å². The molecular weight excluding hydrogens is 441 g/mol. The van der Waals surface area contributed by atoms with Crippen molar-refractivity contribution >= 4 is 6.41 Å². The van der Waals surface area contributed by atoms with E-state index in [1.54, 1.807) is 23.2 Å². The first-order valence-corrected chi connectivity index (χ1v) is 11.1. The Morgan fingerprint density at radius 1 is 1.00 bits per heavy atom. The van der Waals surface area contributed by atoms with Crippen LogP contribution in [0.1, 0.15) is 27.9 Å². The first-order valence-electron chi connectivity index (χ1n) is 11.1. The summed E-state index contributed by atoms with van der Waals surface area (Å²) in [6.07, 6.45) is 2.61. The van der Waals surface area contributed by atoms with Crippen LogP contribution in [0, 0.1) is 31.0 Å². The van der Waals surface area contributed by atoms with Crippen LogP contribution in [-0.2, 0) is 17.9 Å². The molecule has 0 aliphatic rings. The third-order valence-electron chi connectivity index (χ3n) is 5.79. The Hall–Kier alpha value is -4.50. The summed E-state index contributed by atoms with van der Waals surface area (Å²) >= 11 is 0. The lowest BCUT2D eigenvalue weighted by Gasteiger charge is -2.20. The van der Waals surface area contributed by atoms with E-state index in [1.165, 1.54) is 18.2 Å². The second kappa shape index (κ2) is 10.6. The maximum atomic E-state index is 14.3. The third kappa shape index (κ3) is 5.53. The fraction of sp³-hybridized carbons (Fsp3) is 0.138. The van der Waals surface area contributed by atoms with Crippen molar-refractivity contribution < 1.29 is 13.9 Å². The zero-order valence-corrected chi connectivity index (χ0v) is 19.5. The Labute approximate surface area is 204 Å². The van der Waals surface area contributed by atoms with Crippen LogP contribution in [0.2, 0.25) is 0 Å². The molecule has 0 saturated heterocycles. The SMILES string of the molecule is Cc1cc(-c2ccc(CN(C=O)Cc3cccc(Oc4c(F)cccc4C#N)c3C)cc2)ccn1. The Morgan fingerprint density at radius 2 is 1.77 bits per heavy atom. The number of ether oxygens (including phenoxy) is 1. The predicted octanol–water partition coefficient (Wildman–Crippen LogP) is 6.33. The topological polar surface area (TPSA) is 66.2 Å². The molecule has 0 radical (unpaired) electrons. The Bertz CT molecular complexity index is 1390. The molecule has 4 rings (SSSR count). The van der Waals surface area contributed by atoms with E-state index < -0.39 is 5.82 Å². The first kappa shape index (κ1) is 23.7. The van der Waals surface area contributed by atoms with Crippen LogP contribution in [0.3, 0.4) is 0 Å².